The van der Waals surface area contributed by atoms with E-state index in [4.69, 9.17) is 14.2 Å². The Labute approximate surface area is 417 Å². The van der Waals surface area contributed by atoms with Crippen LogP contribution in [0.25, 0.3) is 0 Å². The molecule has 0 bridgehead atoms. The molecule has 0 aromatic carbocycles. The fourth-order valence-corrected chi connectivity index (χ4v) is 6.66. The molecule has 0 N–H and O–H groups in total. The number of allylic oxidation sites excluding steroid dienone is 24. The fraction of sp³-hybridized carbons (Fsp3) is 0.565. The van der Waals surface area contributed by atoms with Crippen LogP contribution in [-0.2, 0) is 28.6 Å². The summed E-state index contributed by atoms with van der Waals surface area (Å²) in [5.74, 6) is -1.08. The summed E-state index contributed by atoms with van der Waals surface area (Å²) in [7, 11) is 0. The predicted octanol–water partition coefficient (Wildman–Crippen LogP) is 18.0. The summed E-state index contributed by atoms with van der Waals surface area (Å²) in [5, 5.41) is 0. The molecule has 0 heterocycles. The number of rotatable bonds is 46. The van der Waals surface area contributed by atoms with Crippen LogP contribution in [0.4, 0.5) is 0 Å². The third-order valence-electron chi connectivity index (χ3n) is 10.6. The second-order valence-electron chi connectivity index (χ2n) is 17.1. The monoisotopic (exact) mass is 937 g/mol. The molecular weight excluding hydrogens is 841 g/mol. The summed E-state index contributed by atoms with van der Waals surface area (Å²) in [5.41, 5.74) is 0. The Morgan fingerprint density at radius 1 is 0.324 bits per heavy atom. The third kappa shape index (κ3) is 52.3. The molecule has 1 atom stereocenters. The van der Waals surface area contributed by atoms with E-state index in [0.29, 0.717) is 19.3 Å². The molecule has 0 aromatic rings. The lowest BCUT2D eigenvalue weighted by molar-refractivity contribution is -0.166. The van der Waals surface area contributed by atoms with Gasteiger partial charge in [-0.05, 0) is 116 Å². The molecule has 0 amide bonds. The largest absolute Gasteiger partial charge is 0.462 e. The molecule has 0 radical (unpaired) electrons. The maximum atomic E-state index is 12.8. The Bertz CT molecular complexity index is 1540. The zero-order valence-electron chi connectivity index (χ0n) is 43.3. The number of ether oxygens (including phenoxy) is 3. The van der Waals surface area contributed by atoms with Crippen molar-refractivity contribution in [1.29, 1.82) is 0 Å². The van der Waals surface area contributed by atoms with Gasteiger partial charge in [0.05, 0.1) is 0 Å². The first kappa shape index (κ1) is 63.3. The molecule has 0 saturated carbocycles. The van der Waals surface area contributed by atoms with Crippen molar-refractivity contribution in [2.75, 3.05) is 13.2 Å². The standard InChI is InChI=1S/C62H96O6/c1-4-7-10-13-16-19-22-25-28-31-32-35-37-40-43-46-49-52-55-61(64)67-58-59(68-62(65)56-53-50-47-44-41-38-34-30-27-24-21-18-15-12-9-6-3)57-66-60(63)54-51-48-45-42-39-36-33-29-26-23-20-17-14-11-8-5-2/h8-9,11-12,17-18,20-22,25-32,35-36,38-39,41,47,50,59H,4-7,10,13-16,19,23-24,33-34,37,40,42-46,48-49,51-58H2,1-3H3/b11-8-,12-9-,20-17-,21-18-,25-22-,29-26-,30-27-,31-28-,35-32-,39-36-,41-38-,50-47-. The lowest BCUT2D eigenvalue weighted by atomic mass is 10.1. The average molecular weight is 937 g/mol. The van der Waals surface area contributed by atoms with E-state index >= 15 is 0 Å². The molecule has 0 rings (SSSR count). The normalized spacial score (nSPS) is 13.3. The molecule has 0 aliphatic carbocycles. The molecule has 380 valence electrons. The first-order valence-electron chi connectivity index (χ1n) is 26.9. The van der Waals surface area contributed by atoms with Crippen LogP contribution in [0, 0.1) is 0 Å². The fourth-order valence-electron chi connectivity index (χ4n) is 6.66. The maximum absolute atomic E-state index is 12.8. The molecule has 0 saturated heterocycles. The van der Waals surface area contributed by atoms with Crippen LogP contribution >= 0.6 is 0 Å². The molecule has 6 nitrogen and oxygen atoms in total. The summed E-state index contributed by atoms with van der Waals surface area (Å²) in [6.45, 7) is 6.26. The van der Waals surface area contributed by atoms with Gasteiger partial charge in [-0.25, -0.2) is 0 Å². The molecule has 0 spiro atoms. The summed E-state index contributed by atoms with van der Waals surface area (Å²) in [4.78, 5) is 38.0. The van der Waals surface area contributed by atoms with E-state index in [9.17, 15) is 14.4 Å². The van der Waals surface area contributed by atoms with Gasteiger partial charge in [-0.15, -0.1) is 0 Å². The SMILES string of the molecule is CC/C=C\C/C=C\C/C=C\C/C=C\C/C=C\CCC(=O)OC(COC(=O)CCCCC/C=C\C/C=C\C/C=C\C/C=C\CC)COC(=O)CCCCCCC\C=C/C=C\C=C/CCCCCCC. The van der Waals surface area contributed by atoms with Gasteiger partial charge in [0.2, 0.25) is 0 Å². The first-order chi connectivity index (χ1) is 33.5. The topological polar surface area (TPSA) is 78.9 Å². The van der Waals surface area contributed by atoms with Crippen LogP contribution in [0.2, 0.25) is 0 Å². The third-order valence-corrected chi connectivity index (χ3v) is 10.6. The lowest BCUT2D eigenvalue weighted by Crippen LogP contribution is -2.30. The second-order valence-corrected chi connectivity index (χ2v) is 17.1. The average Bonchev–Trinajstić information content (AvgIpc) is 3.34. The van der Waals surface area contributed by atoms with Gasteiger partial charge in [0.1, 0.15) is 13.2 Å². The predicted molar refractivity (Wildman–Crippen MR) is 292 cm³/mol. The Morgan fingerprint density at radius 3 is 1.09 bits per heavy atom. The molecule has 6 heteroatoms. The van der Waals surface area contributed by atoms with E-state index in [-0.39, 0.29) is 31.6 Å². The van der Waals surface area contributed by atoms with E-state index < -0.39 is 12.1 Å². The Kier molecular flexibility index (Phi) is 51.1. The highest BCUT2D eigenvalue weighted by molar-refractivity contribution is 5.71. The van der Waals surface area contributed by atoms with Gasteiger partial charge in [-0.1, -0.05) is 218 Å². The van der Waals surface area contributed by atoms with Gasteiger partial charge in [-0.2, -0.15) is 0 Å². The van der Waals surface area contributed by atoms with Gasteiger partial charge in [-0.3, -0.25) is 14.4 Å². The molecule has 0 fully saturated rings. The van der Waals surface area contributed by atoms with Crippen molar-refractivity contribution in [3.05, 3.63) is 146 Å². The quantitative estimate of drug-likeness (QED) is 0.0199. The van der Waals surface area contributed by atoms with Crippen molar-refractivity contribution < 1.29 is 28.6 Å². The van der Waals surface area contributed by atoms with Crippen LogP contribution in [0.1, 0.15) is 207 Å². The highest BCUT2D eigenvalue weighted by Crippen LogP contribution is 2.11. The van der Waals surface area contributed by atoms with Gasteiger partial charge in [0.25, 0.3) is 0 Å². The minimum atomic E-state index is -0.846. The number of esters is 3. The first-order valence-corrected chi connectivity index (χ1v) is 26.9. The van der Waals surface area contributed by atoms with Crippen molar-refractivity contribution in [3.8, 4) is 0 Å². The van der Waals surface area contributed by atoms with Crippen LogP contribution in [0.3, 0.4) is 0 Å². The van der Waals surface area contributed by atoms with Crippen LogP contribution in [0.5, 0.6) is 0 Å². The van der Waals surface area contributed by atoms with Crippen molar-refractivity contribution in [1.82, 2.24) is 0 Å². The van der Waals surface area contributed by atoms with Crippen LogP contribution in [-0.4, -0.2) is 37.2 Å². The molecule has 68 heavy (non-hydrogen) atoms. The zero-order valence-corrected chi connectivity index (χ0v) is 43.3. The van der Waals surface area contributed by atoms with Crippen molar-refractivity contribution in [3.63, 3.8) is 0 Å². The van der Waals surface area contributed by atoms with Gasteiger partial charge in [0.15, 0.2) is 6.10 Å². The summed E-state index contributed by atoms with van der Waals surface area (Å²) in [6.07, 6.45) is 78.4. The van der Waals surface area contributed by atoms with E-state index in [1.165, 1.54) is 32.1 Å². The Balaban J connectivity index is 4.62. The van der Waals surface area contributed by atoms with E-state index in [1.54, 1.807) is 0 Å². The summed E-state index contributed by atoms with van der Waals surface area (Å²) in [6, 6.07) is 0. The van der Waals surface area contributed by atoms with Crippen LogP contribution < -0.4 is 0 Å². The number of unbranched alkanes of at least 4 members (excludes halogenated alkanes) is 13. The molecule has 1 unspecified atom stereocenters. The molecular formula is C62H96O6. The van der Waals surface area contributed by atoms with Crippen LogP contribution in [0.15, 0.2) is 146 Å². The smallest absolute Gasteiger partial charge is 0.306 e. The number of carbonyl (C=O) groups is 3. The molecule has 0 aliphatic heterocycles. The highest BCUT2D eigenvalue weighted by atomic mass is 16.6. The van der Waals surface area contributed by atoms with Crippen molar-refractivity contribution in [2.45, 2.75) is 213 Å². The minimum absolute atomic E-state index is 0.135. The van der Waals surface area contributed by atoms with Crippen molar-refractivity contribution >= 4 is 17.9 Å². The molecule has 0 aliphatic rings. The Hall–Kier alpha value is -4.71. The maximum Gasteiger partial charge on any atom is 0.306 e. The number of carbonyl (C=O) groups excluding carboxylic acids is 3. The number of hydrogen-bond acceptors (Lipinski definition) is 6. The van der Waals surface area contributed by atoms with Gasteiger partial charge >= 0.3 is 17.9 Å². The minimum Gasteiger partial charge on any atom is -0.462 e. The van der Waals surface area contributed by atoms with E-state index in [0.717, 1.165) is 128 Å². The zero-order chi connectivity index (χ0) is 49.3. The van der Waals surface area contributed by atoms with Crippen molar-refractivity contribution in [2.24, 2.45) is 0 Å². The summed E-state index contributed by atoms with van der Waals surface area (Å²) < 4.78 is 16.7. The molecule has 0 aromatic heterocycles. The highest BCUT2D eigenvalue weighted by Gasteiger charge is 2.19. The van der Waals surface area contributed by atoms with Gasteiger partial charge < -0.3 is 14.2 Å². The van der Waals surface area contributed by atoms with Gasteiger partial charge in [0, 0.05) is 19.3 Å². The Morgan fingerprint density at radius 2 is 0.662 bits per heavy atom. The number of hydrogen-bond donors (Lipinski definition) is 0. The lowest BCUT2D eigenvalue weighted by Gasteiger charge is -2.18. The summed E-state index contributed by atoms with van der Waals surface area (Å²) >= 11 is 0. The second kappa shape index (κ2) is 54.9. The van der Waals surface area contributed by atoms with E-state index in [1.807, 2.05) is 12.2 Å². The van der Waals surface area contributed by atoms with E-state index in [2.05, 4.69) is 154 Å².